The number of rotatable bonds is 0. The molecular weight excluding hydrogens is 360 g/mol. The first-order valence-electron chi connectivity index (χ1n) is 10.0. The van der Waals surface area contributed by atoms with E-state index >= 15 is 0 Å². The van der Waals surface area contributed by atoms with Crippen LogP contribution in [-0.4, -0.2) is 22.6 Å². The summed E-state index contributed by atoms with van der Waals surface area (Å²) in [5.74, 6) is 0.594. The Labute approximate surface area is 170 Å². The highest BCUT2D eigenvalue weighted by molar-refractivity contribution is 5.89. The molecular formula is C25H24N2O2. The van der Waals surface area contributed by atoms with Crippen LogP contribution in [-0.2, 0) is 12.8 Å². The first kappa shape index (κ1) is 18.9. The molecule has 3 aromatic carbocycles. The van der Waals surface area contributed by atoms with E-state index in [0.29, 0.717) is 34.0 Å². The van der Waals surface area contributed by atoms with Gasteiger partial charge in [0.15, 0.2) is 0 Å². The third kappa shape index (κ3) is 4.37. The minimum Gasteiger partial charge on any atom is -0.507 e. The number of para-hydroxylation sites is 4. The van der Waals surface area contributed by atoms with Crippen molar-refractivity contribution < 1.29 is 10.2 Å². The number of aromatic hydroxyl groups is 2. The average Bonchev–Trinajstić information content (AvgIpc) is 2.74. The highest BCUT2D eigenvalue weighted by Crippen LogP contribution is 2.30. The lowest BCUT2D eigenvalue weighted by molar-refractivity contribution is 0.463. The molecule has 4 rings (SSSR count). The van der Waals surface area contributed by atoms with Crippen LogP contribution in [0.4, 0.5) is 11.4 Å². The largest absolute Gasteiger partial charge is 0.507 e. The number of fused-ring (bicyclic) bond motifs is 5. The summed E-state index contributed by atoms with van der Waals surface area (Å²) in [6.45, 7) is 0. The number of aryl methyl sites for hydroxylation is 2. The monoisotopic (exact) mass is 384 g/mol. The van der Waals surface area contributed by atoms with E-state index in [1.54, 1.807) is 12.4 Å². The normalized spacial score (nSPS) is 14.2. The fraction of sp³-hybridized carbons (Fsp3) is 0.200. The van der Waals surface area contributed by atoms with Crippen LogP contribution in [0.3, 0.4) is 0 Å². The molecule has 4 nitrogen and oxygen atoms in total. The summed E-state index contributed by atoms with van der Waals surface area (Å²) in [6, 6.07) is 19.2. The van der Waals surface area contributed by atoms with Gasteiger partial charge in [0.2, 0.25) is 0 Å². The number of aliphatic imine (C=N–C) groups is 2. The Balaban J connectivity index is 1.76. The molecule has 0 radical (unpaired) electrons. The molecule has 1 aliphatic rings. The summed E-state index contributed by atoms with van der Waals surface area (Å²) in [5.41, 5.74) is 4.69. The molecule has 0 unspecified atom stereocenters. The molecule has 1 heterocycles. The third-order valence-electron chi connectivity index (χ3n) is 5.26. The second kappa shape index (κ2) is 8.74. The maximum Gasteiger partial charge on any atom is 0.127 e. The Morgan fingerprint density at radius 3 is 1.52 bits per heavy atom. The van der Waals surface area contributed by atoms with Crippen molar-refractivity contribution in [3.05, 3.63) is 82.9 Å². The van der Waals surface area contributed by atoms with Gasteiger partial charge in [0.25, 0.3) is 0 Å². The number of hydrogen-bond donors (Lipinski definition) is 2. The van der Waals surface area contributed by atoms with E-state index in [-0.39, 0.29) is 0 Å². The number of phenolic OH excluding ortho intramolecular Hbond substituents is 2. The van der Waals surface area contributed by atoms with Crippen molar-refractivity contribution in [1.82, 2.24) is 0 Å². The van der Waals surface area contributed by atoms with Crippen LogP contribution < -0.4 is 0 Å². The van der Waals surface area contributed by atoms with Gasteiger partial charge in [-0.2, -0.15) is 0 Å². The van der Waals surface area contributed by atoms with Crippen LogP contribution in [0.1, 0.15) is 41.5 Å². The lowest BCUT2D eigenvalue weighted by atomic mass is 10.00. The van der Waals surface area contributed by atoms with E-state index in [1.165, 1.54) is 0 Å². The van der Waals surface area contributed by atoms with Gasteiger partial charge in [-0.15, -0.1) is 0 Å². The minimum atomic E-state index is 0.297. The number of hydrogen-bond acceptors (Lipinski definition) is 4. The quantitative estimate of drug-likeness (QED) is 0.509. The first-order valence-corrected chi connectivity index (χ1v) is 10.0. The van der Waals surface area contributed by atoms with Crippen LogP contribution in [0.25, 0.3) is 0 Å². The van der Waals surface area contributed by atoms with Crippen LogP contribution in [0, 0.1) is 0 Å². The van der Waals surface area contributed by atoms with Gasteiger partial charge in [0, 0.05) is 23.6 Å². The molecule has 2 N–H and O–H groups in total. The summed E-state index contributed by atoms with van der Waals surface area (Å²) in [6.07, 6.45) is 8.00. The predicted octanol–water partition coefficient (Wildman–Crippen LogP) is 5.87. The van der Waals surface area contributed by atoms with E-state index in [2.05, 4.69) is 9.98 Å². The van der Waals surface area contributed by atoms with Crippen LogP contribution in [0.2, 0.25) is 0 Å². The maximum atomic E-state index is 10.6. The molecule has 0 atom stereocenters. The van der Waals surface area contributed by atoms with Gasteiger partial charge in [0.05, 0.1) is 11.4 Å². The van der Waals surface area contributed by atoms with E-state index in [0.717, 1.165) is 43.2 Å². The summed E-state index contributed by atoms with van der Waals surface area (Å²) in [7, 11) is 0. The topological polar surface area (TPSA) is 65.2 Å². The number of nitrogens with zero attached hydrogens (tertiary/aromatic N) is 2. The molecule has 0 aromatic heterocycles. The van der Waals surface area contributed by atoms with E-state index in [4.69, 9.17) is 0 Å². The van der Waals surface area contributed by atoms with Gasteiger partial charge < -0.3 is 10.2 Å². The molecule has 0 aliphatic carbocycles. The first-order chi connectivity index (χ1) is 14.2. The smallest absolute Gasteiger partial charge is 0.127 e. The van der Waals surface area contributed by atoms with Crippen molar-refractivity contribution >= 4 is 23.8 Å². The fourth-order valence-corrected chi connectivity index (χ4v) is 3.60. The number of benzene rings is 3. The molecule has 1 aliphatic heterocycles. The van der Waals surface area contributed by atoms with Crippen LogP contribution >= 0.6 is 0 Å². The standard InChI is InChI=1S/C25H24N2O2/c28-24-18-8-2-1-3-9-19-11-7-13-21(25(19)29)17-27-23-15-5-4-14-22(23)26-16-20(24)12-6-10-18/h4-7,10-17,28-29H,1-3,8-9H2. The SMILES string of the molecule is Oc1c2cccc1CCCCCc1cccc(c1O)C=Nc1ccccc1N=C2. The van der Waals surface area contributed by atoms with E-state index < -0.39 is 0 Å². The Hall–Kier alpha value is -3.40. The molecule has 0 amide bonds. The molecule has 29 heavy (non-hydrogen) atoms. The van der Waals surface area contributed by atoms with Crippen molar-refractivity contribution in [2.45, 2.75) is 32.1 Å². The molecule has 3 aromatic rings. The van der Waals surface area contributed by atoms with Crippen molar-refractivity contribution in [3.63, 3.8) is 0 Å². The van der Waals surface area contributed by atoms with Crippen LogP contribution in [0.15, 0.2) is 70.6 Å². The second-order valence-corrected chi connectivity index (χ2v) is 7.28. The average molecular weight is 384 g/mol. The summed E-state index contributed by atoms with van der Waals surface area (Å²) >= 11 is 0. The highest BCUT2D eigenvalue weighted by Gasteiger charge is 2.09. The zero-order valence-corrected chi connectivity index (χ0v) is 16.3. The Bertz CT molecular complexity index is 986. The van der Waals surface area contributed by atoms with Gasteiger partial charge in [-0.1, -0.05) is 42.8 Å². The molecule has 0 fully saturated rings. The zero-order chi connectivity index (χ0) is 20.1. The van der Waals surface area contributed by atoms with Gasteiger partial charge in [-0.25, -0.2) is 0 Å². The van der Waals surface area contributed by atoms with Crippen molar-refractivity contribution in [2.24, 2.45) is 9.98 Å². The molecule has 0 saturated carbocycles. The molecule has 0 spiro atoms. The molecule has 4 heteroatoms. The lowest BCUT2D eigenvalue weighted by Crippen LogP contribution is -1.93. The Morgan fingerprint density at radius 2 is 1.03 bits per heavy atom. The molecule has 0 saturated heterocycles. The zero-order valence-electron chi connectivity index (χ0n) is 16.3. The number of phenols is 2. The predicted molar refractivity (Wildman–Crippen MR) is 118 cm³/mol. The van der Waals surface area contributed by atoms with Gasteiger partial charge in [-0.05, 0) is 61.1 Å². The van der Waals surface area contributed by atoms with Crippen molar-refractivity contribution in [1.29, 1.82) is 0 Å². The lowest BCUT2D eigenvalue weighted by Gasteiger charge is -2.08. The molecule has 146 valence electrons. The van der Waals surface area contributed by atoms with Crippen molar-refractivity contribution in [2.75, 3.05) is 0 Å². The van der Waals surface area contributed by atoms with Gasteiger partial charge in [0.1, 0.15) is 11.5 Å². The van der Waals surface area contributed by atoms with Crippen molar-refractivity contribution in [3.8, 4) is 11.5 Å². The summed E-state index contributed by atoms with van der Waals surface area (Å²) in [4.78, 5) is 9.12. The summed E-state index contributed by atoms with van der Waals surface area (Å²) < 4.78 is 0. The second-order valence-electron chi connectivity index (χ2n) is 7.28. The van der Waals surface area contributed by atoms with Gasteiger partial charge in [-0.3, -0.25) is 9.98 Å². The fourth-order valence-electron chi connectivity index (χ4n) is 3.60. The van der Waals surface area contributed by atoms with Crippen LogP contribution in [0.5, 0.6) is 11.5 Å². The summed E-state index contributed by atoms with van der Waals surface area (Å²) in [5, 5.41) is 21.3. The maximum absolute atomic E-state index is 10.6. The van der Waals surface area contributed by atoms with E-state index in [1.807, 2.05) is 60.7 Å². The Kier molecular flexibility index (Phi) is 5.71. The minimum absolute atomic E-state index is 0.297. The van der Waals surface area contributed by atoms with E-state index in [9.17, 15) is 10.2 Å². The highest BCUT2D eigenvalue weighted by atomic mass is 16.3. The molecule has 4 bridgehead atoms. The van der Waals surface area contributed by atoms with Gasteiger partial charge >= 0.3 is 0 Å². The third-order valence-corrected chi connectivity index (χ3v) is 5.26. The Morgan fingerprint density at radius 1 is 0.552 bits per heavy atom.